The quantitative estimate of drug-likeness (QED) is 0.756. The third kappa shape index (κ3) is 3.92. The molecule has 0 unspecified atom stereocenters. The zero-order valence-electron chi connectivity index (χ0n) is 17.3. The van der Waals surface area contributed by atoms with Crippen LogP contribution in [0.5, 0.6) is 0 Å². The molecule has 0 saturated carbocycles. The number of nitrogens with zero attached hydrogens (tertiary/aromatic N) is 3. The molecule has 0 spiro atoms. The Labute approximate surface area is 159 Å². The van der Waals surface area contributed by atoms with Gasteiger partial charge in [-0.25, -0.2) is 0 Å². The van der Waals surface area contributed by atoms with Gasteiger partial charge in [0.2, 0.25) is 0 Å². The topological polar surface area (TPSA) is 37.8 Å². The van der Waals surface area contributed by atoms with E-state index >= 15 is 0 Å². The Morgan fingerprint density at radius 3 is 2.27 bits per heavy atom. The van der Waals surface area contributed by atoms with E-state index in [1.165, 1.54) is 25.1 Å². The lowest BCUT2D eigenvalue weighted by molar-refractivity contribution is 0.00578. The van der Waals surface area contributed by atoms with Crippen LogP contribution in [-0.4, -0.2) is 60.9 Å². The summed E-state index contributed by atoms with van der Waals surface area (Å²) in [4.78, 5) is 9.68. The monoisotopic (exact) mass is 359 g/mol. The smallest absolute Gasteiger partial charge is 0.399 e. The average Bonchev–Trinajstić information content (AvgIpc) is 2.82. The van der Waals surface area contributed by atoms with E-state index in [1.807, 2.05) is 6.20 Å². The first-order valence-corrected chi connectivity index (χ1v) is 10.0. The molecule has 2 fully saturated rings. The first-order valence-electron chi connectivity index (χ1n) is 10.0. The van der Waals surface area contributed by atoms with Crippen molar-refractivity contribution >= 4 is 18.3 Å². The first-order chi connectivity index (χ1) is 12.2. The summed E-state index contributed by atoms with van der Waals surface area (Å²) in [5.41, 5.74) is 2.65. The zero-order valence-corrected chi connectivity index (χ0v) is 17.3. The highest BCUT2D eigenvalue weighted by atomic mass is 16.7. The number of rotatable bonds is 5. The fourth-order valence-corrected chi connectivity index (χ4v) is 3.56. The Kier molecular flexibility index (Phi) is 5.66. The summed E-state index contributed by atoms with van der Waals surface area (Å²) in [5.74, 6) is 0. The molecule has 0 amide bonds. The summed E-state index contributed by atoms with van der Waals surface area (Å²) in [5, 5.41) is 0. The Balaban J connectivity index is 1.72. The molecule has 0 aliphatic carbocycles. The number of unbranched alkanes of at least 4 members (excludes halogenated alkanes) is 1. The van der Waals surface area contributed by atoms with Gasteiger partial charge in [-0.3, -0.25) is 9.88 Å². The van der Waals surface area contributed by atoms with Crippen molar-refractivity contribution in [2.75, 3.05) is 37.6 Å². The Morgan fingerprint density at radius 1 is 1.08 bits per heavy atom. The SMILES string of the molecule is CCCCN1CCN(c2cc(B3OC(C)(C)C(C)(C)O3)cnc2C)CC1. The average molecular weight is 359 g/mol. The molecule has 26 heavy (non-hydrogen) atoms. The Morgan fingerprint density at radius 2 is 1.69 bits per heavy atom. The Bertz CT molecular complexity index is 611. The normalized spacial score (nSPS) is 22.8. The number of aromatic nitrogens is 1. The third-order valence-electron chi connectivity index (χ3n) is 6.15. The summed E-state index contributed by atoms with van der Waals surface area (Å²) < 4.78 is 12.4. The molecule has 0 atom stereocenters. The maximum absolute atomic E-state index is 6.20. The molecule has 1 aromatic heterocycles. The van der Waals surface area contributed by atoms with Crippen LogP contribution in [0.25, 0.3) is 0 Å². The second-order valence-corrected chi connectivity index (χ2v) is 8.64. The van der Waals surface area contributed by atoms with Crippen molar-refractivity contribution in [3.8, 4) is 0 Å². The molecule has 3 rings (SSSR count). The van der Waals surface area contributed by atoms with Gasteiger partial charge in [0.1, 0.15) is 0 Å². The molecule has 0 aromatic carbocycles. The maximum atomic E-state index is 6.20. The van der Waals surface area contributed by atoms with Crippen molar-refractivity contribution in [3.05, 3.63) is 18.0 Å². The van der Waals surface area contributed by atoms with Gasteiger partial charge in [-0.05, 0) is 53.7 Å². The summed E-state index contributed by atoms with van der Waals surface area (Å²) >= 11 is 0. The van der Waals surface area contributed by atoms with Gasteiger partial charge in [-0.1, -0.05) is 13.3 Å². The van der Waals surface area contributed by atoms with Gasteiger partial charge < -0.3 is 14.2 Å². The largest absolute Gasteiger partial charge is 0.496 e. The van der Waals surface area contributed by atoms with Crippen molar-refractivity contribution in [1.29, 1.82) is 0 Å². The standard InChI is InChI=1S/C20H34BN3O2/c1-7-8-9-23-10-12-24(13-11-23)18-14-17(15-22-16(18)2)21-25-19(3,4)20(5,6)26-21/h14-15H,7-13H2,1-6H3. The van der Waals surface area contributed by atoms with E-state index in [0.717, 1.165) is 37.3 Å². The van der Waals surface area contributed by atoms with Crippen molar-refractivity contribution in [3.63, 3.8) is 0 Å². The third-order valence-corrected chi connectivity index (χ3v) is 6.15. The molecule has 6 heteroatoms. The van der Waals surface area contributed by atoms with E-state index in [2.05, 4.69) is 62.4 Å². The minimum atomic E-state index is -0.349. The second kappa shape index (κ2) is 7.49. The van der Waals surface area contributed by atoms with Crippen molar-refractivity contribution in [1.82, 2.24) is 9.88 Å². The summed E-state index contributed by atoms with van der Waals surface area (Å²) in [6, 6.07) is 2.21. The first kappa shape index (κ1) is 19.7. The minimum absolute atomic E-state index is 0.326. The van der Waals surface area contributed by atoms with Crippen molar-refractivity contribution < 1.29 is 9.31 Å². The molecule has 2 aliphatic heterocycles. The molecule has 3 heterocycles. The van der Waals surface area contributed by atoms with Gasteiger partial charge in [0, 0.05) is 37.8 Å². The maximum Gasteiger partial charge on any atom is 0.496 e. The highest BCUT2D eigenvalue weighted by molar-refractivity contribution is 6.62. The van der Waals surface area contributed by atoms with Crippen LogP contribution in [0.15, 0.2) is 12.3 Å². The van der Waals surface area contributed by atoms with E-state index in [9.17, 15) is 0 Å². The van der Waals surface area contributed by atoms with Gasteiger partial charge in [0.05, 0.1) is 22.6 Å². The lowest BCUT2D eigenvalue weighted by Gasteiger charge is -2.36. The number of anilines is 1. The second-order valence-electron chi connectivity index (χ2n) is 8.64. The van der Waals surface area contributed by atoms with E-state index in [4.69, 9.17) is 9.31 Å². The van der Waals surface area contributed by atoms with Crippen LogP contribution in [0.2, 0.25) is 0 Å². The molecule has 2 aliphatic rings. The number of hydrogen-bond acceptors (Lipinski definition) is 5. The van der Waals surface area contributed by atoms with Crippen LogP contribution in [0.1, 0.15) is 53.2 Å². The lowest BCUT2D eigenvalue weighted by atomic mass is 9.80. The molecule has 144 valence electrons. The van der Waals surface area contributed by atoms with Gasteiger partial charge in [-0.15, -0.1) is 0 Å². The van der Waals surface area contributed by atoms with Crippen LogP contribution in [0.4, 0.5) is 5.69 Å². The van der Waals surface area contributed by atoms with Crippen LogP contribution in [0, 0.1) is 6.92 Å². The van der Waals surface area contributed by atoms with Gasteiger partial charge in [-0.2, -0.15) is 0 Å². The van der Waals surface area contributed by atoms with E-state index in [1.54, 1.807) is 0 Å². The molecular formula is C20H34BN3O2. The molecular weight excluding hydrogens is 325 g/mol. The van der Waals surface area contributed by atoms with E-state index in [0.29, 0.717) is 0 Å². The predicted octanol–water partition coefficient (Wildman–Crippen LogP) is 2.61. The van der Waals surface area contributed by atoms with Crippen LogP contribution >= 0.6 is 0 Å². The van der Waals surface area contributed by atoms with Gasteiger partial charge in [0.15, 0.2) is 0 Å². The zero-order chi connectivity index (χ0) is 18.9. The highest BCUT2D eigenvalue weighted by Crippen LogP contribution is 2.36. The minimum Gasteiger partial charge on any atom is -0.399 e. The molecule has 1 aromatic rings. The van der Waals surface area contributed by atoms with E-state index < -0.39 is 0 Å². The fraction of sp³-hybridized carbons (Fsp3) is 0.750. The van der Waals surface area contributed by atoms with Gasteiger partial charge >= 0.3 is 7.12 Å². The number of aryl methyl sites for hydroxylation is 1. The van der Waals surface area contributed by atoms with Crippen LogP contribution < -0.4 is 10.4 Å². The molecule has 2 saturated heterocycles. The Hall–Kier alpha value is -1.11. The summed E-state index contributed by atoms with van der Waals surface area (Å²) in [7, 11) is -0.349. The molecule has 0 radical (unpaired) electrons. The molecule has 5 nitrogen and oxygen atoms in total. The van der Waals surface area contributed by atoms with Crippen molar-refractivity contribution in [2.24, 2.45) is 0 Å². The van der Waals surface area contributed by atoms with E-state index in [-0.39, 0.29) is 18.3 Å². The van der Waals surface area contributed by atoms with Crippen LogP contribution in [0.3, 0.4) is 0 Å². The lowest BCUT2D eigenvalue weighted by Crippen LogP contribution is -2.47. The number of hydrogen-bond donors (Lipinski definition) is 0. The van der Waals surface area contributed by atoms with Gasteiger partial charge in [0.25, 0.3) is 0 Å². The number of piperazine rings is 1. The fourth-order valence-electron chi connectivity index (χ4n) is 3.56. The summed E-state index contributed by atoms with van der Waals surface area (Å²) in [6.45, 7) is 18.3. The number of pyridine rings is 1. The predicted molar refractivity (Wildman–Crippen MR) is 108 cm³/mol. The molecule has 0 bridgehead atoms. The van der Waals surface area contributed by atoms with Crippen molar-refractivity contribution in [2.45, 2.75) is 65.6 Å². The van der Waals surface area contributed by atoms with Crippen LogP contribution in [-0.2, 0) is 9.31 Å². The summed E-state index contributed by atoms with van der Waals surface area (Å²) in [6.07, 6.45) is 4.45. The highest BCUT2D eigenvalue weighted by Gasteiger charge is 2.51. The molecule has 0 N–H and O–H groups in total.